The maximum Gasteiger partial charge on any atom is 0.223 e. The molecule has 6 heteroatoms. The van der Waals surface area contributed by atoms with Gasteiger partial charge >= 0.3 is 0 Å². The third-order valence-electron chi connectivity index (χ3n) is 2.76. The van der Waals surface area contributed by atoms with E-state index in [0.717, 1.165) is 6.42 Å². The van der Waals surface area contributed by atoms with Crippen molar-refractivity contribution in [2.45, 2.75) is 33.1 Å². The minimum atomic E-state index is -3.10. The lowest BCUT2D eigenvalue weighted by molar-refractivity contribution is -0.129. The number of carbonyl (C=O) groups is 1. The van der Waals surface area contributed by atoms with Crippen molar-refractivity contribution in [2.75, 3.05) is 31.6 Å². The summed E-state index contributed by atoms with van der Waals surface area (Å²) < 4.78 is 23.4. The second-order valence-electron chi connectivity index (χ2n) is 5.04. The van der Waals surface area contributed by atoms with Crippen molar-refractivity contribution in [1.29, 1.82) is 0 Å². The number of nitrogens with zero attached hydrogens (tertiary/aromatic N) is 1. The zero-order valence-electron chi connectivity index (χ0n) is 11.7. The van der Waals surface area contributed by atoms with Crippen LogP contribution < -0.4 is 5.73 Å². The van der Waals surface area contributed by atoms with Crippen LogP contribution in [0.15, 0.2) is 0 Å². The van der Waals surface area contributed by atoms with Gasteiger partial charge in [-0.15, -0.1) is 0 Å². The summed E-state index contributed by atoms with van der Waals surface area (Å²) in [5.74, 6) is 0.356. The Morgan fingerprint density at radius 3 is 2.39 bits per heavy atom. The van der Waals surface area contributed by atoms with Crippen LogP contribution in [-0.2, 0) is 14.6 Å². The fraction of sp³-hybridized carbons (Fsp3) is 0.917. The van der Waals surface area contributed by atoms with Gasteiger partial charge < -0.3 is 10.6 Å². The maximum absolute atomic E-state index is 11.7. The third-order valence-corrected chi connectivity index (χ3v) is 4.44. The first kappa shape index (κ1) is 17.4. The van der Waals surface area contributed by atoms with Gasteiger partial charge in [0.15, 0.2) is 9.84 Å². The molecule has 0 aromatic heterocycles. The second kappa shape index (κ2) is 8.48. The average Bonchev–Trinajstić information content (AvgIpc) is 2.30. The Morgan fingerprint density at radius 1 is 1.28 bits per heavy atom. The summed E-state index contributed by atoms with van der Waals surface area (Å²) in [7, 11) is -1.42. The predicted octanol–water partition coefficient (Wildman–Crippen LogP) is 0.645. The van der Waals surface area contributed by atoms with Crippen molar-refractivity contribution in [1.82, 2.24) is 4.90 Å². The molecule has 5 nitrogen and oxygen atoms in total. The molecule has 0 aliphatic heterocycles. The lowest BCUT2D eigenvalue weighted by atomic mass is 10.2. The van der Waals surface area contributed by atoms with Crippen LogP contribution in [0.2, 0.25) is 0 Å². The molecule has 0 rings (SSSR count). The van der Waals surface area contributed by atoms with Crippen molar-refractivity contribution in [3.63, 3.8) is 0 Å². The topological polar surface area (TPSA) is 80.5 Å². The highest BCUT2D eigenvalue weighted by atomic mass is 32.2. The molecule has 0 spiro atoms. The van der Waals surface area contributed by atoms with E-state index in [9.17, 15) is 13.2 Å². The van der Waals surface area contributed by atoms with Gasteiger partial charge in [-0.2, -0.15) is 0 Å². The highest BCUT2D eigenvalue weighted by Crippen LogP contribution is 2.05. The van der Waals surface area contributed by atoms with Crippen molar-refractivity contribution >= 4 is 15.7 Å². The van der Waals surface area contributed by atoms with Crippen LogP contribution >= 0.6 is 0 Å². The summed E-state index contributed by atoms with van der Waals surface area (Å²) in [6.07, 6.45) is 1.46. The fourth-order valence-corrected chi connectivity index (χ4v) is 2.92. The van der Waals surface area contributed by atoms with Crippen LogP contribution in [0.5, 0.6) is 0 Å². The quantitative estimate of drug-likeness (QED) is 0.671. The summed E-state index contributed by atoms with van der Waals surface area (Å²) >= 11 is 0. The van der Waals surface area contributed by atoms with Gasteiger partial charge in [-0.1, -0.05) is 13.8 Å². The molecule has 108 valence electrons. The Balaban J connectivity index is 4.03. The van der Waals surface area contributed by atoms with Crippen LogP contribution in [0, 0.1) is 5.92 Å². The van der Waals surface area contributed by atoms with E-state index in [1.54, 1.807) is 11.9 Å². The van der Waals surface area contributed by atoms with Gasteiger partial charge in [-0.25, -0.2) is 8.42 Å². The minimum absolute atomic E-state index is 0.0501. The molecule has 0 aromatic carbocycles. The third kappa shape index (κ3) is 8.47. The molecule has 18 heavy (non-hydrogen) atoms. The van der Waals surface area contributed by atoms with Gasteiger partial charge in [0.25, 0.3) is 0 Å². The number of sulfone groups is 1. The zero-order chi connectivity index (χ0) is 14.2. The van der Waals surface area contributed by atoms with E-state index >= 15 is 0 Å². The molecule has 0 aromatic rings. The first-order valence-corrected chi connectivity index (χ1v) is 8.25. The molecule has 0 radical (unpaired) electrons. The maximum atomic E-state index is 11.7. The molecular weight excluding hydrogens is 252 g/mol. The number of hydrogen-bond donors (Lipinski definition) is 1. The van der Waals surface area contributed by atoms with Crippen LogP contribution in [0.25, 0.3) is 0 Å². The Labute approximate surface area is 111 Å². The SMILES string of the molecule is CC(C)CCS(=O)(=O)CCC(=O)N(C)CCCN. The lowest BCUT2D eigenvalue weighted by Gasteiger charge is -2.16. The van der Waals surface area contributed by atoms with E-state index in [-0.39, 0.29) is 23.8 Å². The number of nitrogens with two attached hydrogens (primary N) is 1. The second-order valence-corrected chi connectivity index (χ2v) is 7.35. The molecule has 0 bridgehead atoms. The minimum Gasteiger partial charge on any atom is -0.346 e. The number of hydrogen-bond acceptors (Lipinski definition) is 4. The van der Waals surface area contributed by atoms with E-state index in [2.05, 4.69) is 0 Å². The molecule has 0 unspecified atom stereocenters. The molecule has 0 saturated carbocycles. The normalized spacial score (nSPS) is 11.8. The first-order chi connectivity index (χ1) is 8.28. The number of carbonyl (C=O) groups excluding carboxylic acids is 1. The van der Waals surface area contributed by atoms with Crippen molar-refractivity contribution < 1.29 is 13.2 Å². The summed E-state index contributed by atoms with van der Waals surface area (Å²) in [4.78, 5) is 13.2. The summed E-state index contributed by atoms with van der Waals surface area (Å²) in [5.41, 5.74) is 5.35. The van der Waals surface area contributed by atoms with E-state index in [1.165, 1.54) is 0 Å². The van der Waals surface area contributed by atoms with Gasteiger partial charge in [-0.05, 0) is 25.3 Å². The lowest BCUT2D eigenvalue weighted by Crippen LogP contribution is -2.30. The highest BCUT2D eigenvalue weighted by Gasteiger charge is 2.16. The molecule has 1 amide bonds. The first-order valence-electron chi connectivity index (χ1n) is 6.43. The monoisotopic (exact) mass is 278 g/mol. The smallest absolute Gasteiger partial charge is 0.223 e. The largest absolute Gasteiger partial charge is 0.346 e. The molecule has 0 atom stereocenters. The summed E-state index contributed by atoms with van der Waals surface area (Å²) in [5, 5.41) is 0. The fourth-order valence-electron chi connectivity index (χ4n) is 1.40. The van der Waals surface area contributed by atoms with Crippen molar-refractivity contribution in [3.05, 3.63) is 0 Å². The Bertz CT molecular complexity index is 339. The molecule has 0 heterocycles. The predicted molar refractivity (Wildman–Crippen MR) is 74.0 cm³/mol. The standard InChI is InChI=1S/C12H26N2O3S/c1-11(2)5-9-18(16,17)10-6-12(15)14(3)8-4-7-13/h11H,4-10,13H2,1-3H3. The van der Waals surface area contributed by atoms with Gasteiger partial charge in [0, 0.05) is 20.0 Å². The summed E-state index contributed by atoms with van der Waals surface area (Å²) in [6.45, 7) is 5.09. The van der Waals surface area contributed by atoms with Crippen LogP contribution in [0.3, 0.4) is 0 Å². The van der Waals surface area contributed by atoms with Gasteiger partial charge in [0.1, 0.15) is 0 Å². The van der Waals surface area contributed by atoms with Crippen molar-refractivity contribution in [3.8, 4) is 0 Å². The molecule has 0 aliphatic rings. The van der Waals surface area contributed by atoms with Gasteiger partial charge in [-0.3, -0.25) is 4.79 Å². The molecule has 0 fully saturated rings. The Kier molecular flexibility index (Phi) is 8.18. The van der Waals surface area contributed by atoms with Crippen molar-refractivity contribution in [2.24, 2.45) is 11.7 Å². The summed E-state index contributed by atoms with van der Waals surface area (Å²) in [6, 6.07) is 0. The van der Waals surface area contributed by atoms with E-state index in [1.807, 2.05) is 13.8 Å². The van der Waals surface area contributed by atoms with Crippen LogP contribution in [0.1, 0.15) is 33.1 Å². The molecule has 0 aliphatic carbocycles. The number of amides is 1. The Morgan fingerprint density at radius 2 is 1.89 bits per heavy atom. The Hall–Kier alpha value is -0.620. The van der Waals surface area contributed by atoms with Crippen LogP contribution in [-0.4, -0.2) is 50.9 Å². The van der Waals surface area contributed by atoms with Crippen LogP contribution in [0.4, 0.5) is 0 Å². The van der Waals surface area contributed by atoms with Gasteiger partial charge in [0.2, 0.25) is 5.91 Å². The highest BCUT2D eigenvalue weighted by molar-refractivity contribution is 7.91. The molecular formula is C12H26N2O3S. The molecule has 0 saturated heterocycles. The van der Waals surface area contributed by atoms with E-state index < -0.39 is 9.84 Å². The molecule has 2 N–H and O–H groups in total. The van der Waals surface area contributed by atoms with E-state index in [4.69, 9.17) is 5.73 Å². The number of rotatable bonds is 9. The zero-order valence-corrected chi connectivity index (χ0v) is 12.5. The average molecular weight is 278 g/mol. The van der Waals surface area contributed by atoms with E-state index in [0.29, 0.717) is 25.4 Å². The van der Waals surface area contributed by atoms with Gasteiger partial charge in [0.05, 0.1) is 11.5 Å².